The van der Waals surface area contributed by atoms with Gasteiger partial charge in [0.05, 0.1) is 19.9 Å². The van der Waals surface area contributed by atoms with Crippen LogP contribution in [0.25, 0.3) is 0 Å². The topological polar surface area (TPSA) is 43.4 Å². The Hall–Kier alpha value is -1.45. The number of hydrogen-bond acceptors (Lipinski definition) is 4. The highest BCUT2D eigenvalue weighted by molar-refractivity contribution is 5.53. The Balaban J connectivity index is 2.78. The van der Waals surface area contributed by atoms with Crippen LogP contribution in [0.4, 0.5) is 5.69 Å². The summed E-state index contributed by atoms with van der Waals surface area (Å²) in [6.45, 7) is 5.19. The summed E-state index contributed by atoms with van der Waals surface area (Å²) in [6.07, 6.45) is 0. The number of ether oxygens (including phenoxy) is 2. The van der Waals surface area contributed by atoms with Gasteiger partial charge in [0, 0.05) is 12.6 Å². The smallest absolute Gasteiger partial charge is 0.240 e. The summed E-state index contributed by atoms with van der Waals surface area (Å²) in [5, 5.41) is 3.27. The van der Waals surface area contributed by atoms with Gasteiger partial charge in [0.2, 0.25) is 11.8 Å². The minimum atomic E-state index is 0.557. The first-order valence-electron chi connectivity index (χ1n) is 5.00. The Morgan fingerprint density at radius 3 is 2.53 bits per heavy atom. The molecule has 0 aromatic carbocycles. The van der Waals surface area contributed by atoms with Crippen LogP contribution in [0.2, 0.25) is 0 Å². The van der Waals surface area contributed by atoms with Crippen LogP contribution >= 0.6 is 0 Å². The van der Waals surface area contributed by atoms with E-state index in [1.165, 1.54) is 0 Å². The fourth-order valence-corrected chi connectivity index (χ4v) is 1.14. The lowest BCUT2D eigenvalue weighted by Gasteiger charge is -2.12. The number of hydrogen-bond donors (Lipinski definition) is 1. The van der Waals surface area contributed by atoms with E-state index in [-0.39, 0.29) is 0 Å². The molecule has 84 valence electrons. The average molecular weight is 210 g/mol. The molecule has 0 saturated heterocycles. The van der Waals surface area contributed by atoms with Gasteiger partial charge in [-0.3, -0.25) is 0 Å². The summed E-state index contributed by atoms with van der Waals surface area (Å²) < 4.78 is 10.2. The van der Waals surface area contributed by atoms with Crippen molar-refractivity contribution in [1.29, 1.82) is 0 Å². The first-order chi connectivity index (χ1) is 7.17. The molecular weight excluding hydrogens is 192 g/mol. The van der Waals surface area contributed by atoms with Crippen molar-refractivity contribution in [3.63, 3.8) is 0 Å². The highest BCUT2D eigenvalue weighted by atomic mass is 16.5. The molecule has 0 spiro atoms. The zero-order chi connectivity index (χ0) is 11.3. The second-order valence-electron chi connectivity index (χ2n) is 3.69. The third-order valence-corrected chi connectivity index (χ3v) is 1.94. The van der Waals surface area contributed by atoms with Gasteiger partial charge in [-0.15, -0.1) is 0 Å². The van der Waals surface area contributed by atoms with Gasteiger partial charge in [-0.1, -0.05) is 13.8 Å². The van der Waals surface area contributed by atoms with Crippen molar-refractivity contribution < 1.29 is 9.47 Å². The standard InChI is InChI=1S/C11H18N2O2/c1-8(2)7-12-9-5-6-10(14-3)13-11(9)15-4/h5-6,8,12H,7H2,1-4H3. The molecule has 1 aromatic heterocycles. The molecule has 0 unspecified atom stereocenters. The normalized spacial score (nSPS) is 10.2. The van der Waals surface area contributed by atoms with E-state index in [2.05, 4.69) is 24.1 Å². The summed E-state index contributed by atoms with van der Waals surface area (Å²) in [4.78, 5) is 4.18. The number of methoxy groups -OCH3 is 2. The van der Waals surface area contributed by atoms with Crippen LogP contribution in [0.15, 0.2) is 12.1 Å². The number of anilines is 1. The van der Waals surface area contributed by atoms with Gasteiger partial charge >= 0.3 is 0 Å². The molecule has 1 N–H and O–H groups in total. The highest BCUT2D eigenvalue weighted by Crippen LogP contribution is 2.24. The lowest BCUT2D eigenvalue weighted by molar-refractivity contribution is 0.366. The van der Waals surface area contributed by atoms with E-state index in [0.29, 0.717) is 17.7 Å². The van der Waals surface area contributed by atoms with E-state index in [0.717, 1.165) is 12.2 Å². The zero-order valence-corrected chi connectivity index (χ0v) is 9.70. The Morgan fingerprint density at radius 1 is 1.27 bits per heavy atom. The van der Waals surface area contributed by atoms with E-state index >= 15 is 0 Å². The SMILES string of the molecule is COc1ccc(NCC(C)C)c(OC)n1. The molecule has 0 amide bonds. The van der Waals surface area contributed by atoms with E-state index < -0.39 is 0 Å². The van der Waals surface area contributed by atoms with E-state index in [9.17, 15) is 0 Å². The van der Waals surface area contributed by atoms with Crippen LogP contribution in [-0.2, 0) is 0 Å². The molecule has 1 aromatic rings. The molecule has 0 aliphatic heterocycles. The van der Waals surface area contributed by atoms with Crippen molar-refractivity contribution in [1.82, 2.24) is 4.98 Å². The van der Waals surface area contributed by atoms with Crippen molar-refractivity contribution in [2.45, 2.75) is 13.8 Å². The molecular formula is C11H18N2O2. The molecule has 1 rings (SSSR count). The molecule has 4 nitrogen and oxygen atoms in total. The van der Waals surface area contributed by atoms with Crippen molar-refractivity contribution >= 4 is 5.69 Å². The minimum Gasteiger partial charge on any atom is -0.481 e. The van der Waals surface area contributed by atoms with Gasteiger partial charge < -0.3 is 14.8 Å². The summed E-state index contributed by atoms with van der Waals surface area (Å²) >= 11 is 0. The van der Waals surface area contributed by atoms with Gasteiger partial charge in [-0.05, 0) is 12.0 Å². The second-order valence-corrected chi connectivity index (χ2v) is 3.69. The first kappa shape index (κ1) is 11.6. The largest absolute Gasteiger partial charge is 0.481 e. The predicted molar refractivity (Wildman–Crippen MR) is 60.7 cm³/mol. The molecule has 1 heterocycles. The van der Waals surface area contributed by atoms with Crippen molar-refractivity contribution in [3.05, 3.63) is 12.1 Å². The van der Waals surface area contributed by atoms with Gasteiger partial charge in [0.15, 0.2) is 0 Å². The molecule has 0 aliphatic rings. The van der Waals surface area contributed by atoms with Gasteiger partial charge in [0.25, 0.3) is 0 Å². The van der Waals surface area contributed by atoms with Gasteiger partial charge in [-0.25, -0.2) is 0 Å². The summed E-state index contributed by atoms with van der Waals surface area (Å²) in [5.74, 6) is 1.70. The molecule has 4 heteroatoms. The number of rotatable bonds is 5. The quantitative estimate of drug-likeness (QED) is 0.808. The number of aromatic nitrogens is 1. The van der Waals surface area contributed by atoms with Gasteiger partial charge in [-0.2, -0.15) is 4.98 Å². The predicted octanol–water partition coefficient (Wildman–Crippen LogP) is 2.17. The fourth-order valence-electron chi connectivity index (χ4n) is 1.14. The summed E-state index contributed by atoms with van der Waals surface area (Å²) in [7, 11) is 3.19. The monoisotopic (exact) mass is 210 g/mol. The lowest BCUT2D eigenvalue weighted by atomic mass is 10.2. The summed E-state index contributed by atoms with van der Waals surface area (Å²) in [5.41, 5.74) is 0.895. The minimum absolute atomic E-state index is 0.557. The average Bonchev–Trinajstić information content (AvgIpc) is 2.25. The molecule has 0 aliphatic carbocycles. The molecule has 0 atom stereocenters. The number of nitrogens with one attached hydrogen (secondary N) is 1. The Bertz CT molecular complexity index is 313. The van der Waals surface area contributed by atoms with Crippen LogP contribution in [0, 0.1) is 5.92 Å². The van der Waals surface area contributed by atoms with Gasteiger partial charge in [0.1, 0.15) is 0 Å². The lowest BCUT2D eigenvalue weighted by Crippen LogP contribution is -2.09. The third-order valence-electron chi connectivity index (χ3n) is 1.94. The number of pyridine rings is 1. The molecule has 0 bridgehead atoms. The molecule has 0 saturated carbocycles. The maximum atomic E-state index is 5.17. The van der Waals surface area contributed by atoms with Crippen LogP contribution < -0.4 is 14.8 Å². The Kier molecular flexibility index (Phi) is 4.21. The summed E-state index contributed by atoms with van der Waals surface area (Å²) in [6, 6.07) is 3.72. The Morgan fingerprint density at radius 2 is 2.00 bits per heavy atom. The molecule has 15 heavy (non-hydrogen) atoms. The molecule has 0 radical (unpaired) electrons. The fraction of sp³-hybridized carbons (Fsp3) is 0.545. The van der Waals surface area contributed by atoms with Crippen LogP contribution in [-0.4, -0.2) is 25.7 Å². The van der Waals surface area contributed by atoms with Crippen LogP contribution in [0.3, 0.4) is 0 Å². The maximum absolute atomic E-state index is 5.17. The number of nitrogens with zero attached hydrogens (tertiary/aromatic N) is 1. The van der Waals surface area contributed by atoms with Crippen molar-refractivity contribution in [2.75, 3.05) is 26.1 Å². The van der Waals surface area contributed by atoms with Crippen molar-refractivity contribution in [2.24, 2.45) is 5.92 Å². The van der Waals surface area contributed by atoms with Crippen molar-refractivity contribution in [3.8, 4) is 11.8 Å². The second kappa shape index (κ2) is 5.44. The highest BCUT2D eigenvalue weighted by Gasteiger charge is 2.06. The van der Waals surface area contributed by atoms with Crippen LogP contribution in [0.5, 0.6) is 11.8 Å². The zero-order valence-electron chi connectivity index (χ0n) is 9.70. The third kappa shape index (κ3) is 3.31. The first-order valence-corrected chi connectivity index (χ1v) is 5.00. The Labute approximate surface area is 90.6 Å². The van der Waals surface area contributed by atoms with E-state index in [1.54, 1.807) is 14.2 Å². The molecule has 0 fully saturated rings. The van der Waals surface area contributed by atoms with Crippen LogP contribution in [0.1, 0.15) is 13.8 Å². The van der Waals surface area contributed by atoms with E-state index in [4.69, 9.17) is 9.47 Å². The van der Waals surface area contributed by atoms with E-state index in [1.807, 2.05) is 12.1 Å². The maximum Gasteiger partial charge on any atom is 0.240 e.